The van der Waals surface area contributed by atoms with Crippen molar-refractivity contribution in [1.82, 2.24) is 19.7 Å². The Morgan fingerprint density at radius 3 is 2.41 bits per heavy atom. The molecular weight excluding hydrogens is 359 g/mol. The molecule has 2 aromatic heterocycles. The number of aromatic nitrogens is 3. The van der Waals surface area contributed by atoms with Crippen molar-refractivity contribution in [2.75, 3.05) is 31.1 Å². The number of hydrogen-bond acceptors (Lipinski definition) is 4. The highest BCUT2D eigenvalue weighted by Gasteiger charge is 2.31. The van der Waals surface area contributed by atoms with Crippen LogP contribution in [0.25, 0.3) is 0 Å². The van der Waals surface area contributed by atoms with Crippen LogP contribution in [-0.4, -0.2) is 51.8 Å². The zero-order valence-corrected chi connectivity index (χ0v) is 15.5. The van der Waals surface area contributed by atoms with Gasteiger partial charge in [-0.1, -0.05) is 0 Å². The van der Waals surface area contributed by atoms with Crippen molar-refractivity contribution in [2.45, 2.75) is 26.4 Å². The molecule has 1 saturated heterocycles. The minimum absolute atomic E-state index is 0.0553. The lowest BCUT2D eigenvalue weighted by molar-refractivity contribution is -0.137. The van der Waals surface area contributed by atoms with Crippen molar-refractivity contribution >= 4 is 11.7 Å². The SMILES string of the molecule is Cc1nn(C)c(C)c1C(=O)N1CCCN(c2ccc(C(F)(F)F)cn2)CC1. The summed E-state index contributed by atoms with van der Waals surface area (Å²) in [6.45, 7) is 5.90. The van der Waals surface area contributed by atoms with E-state index in [1.165, 1.54) is 6.07 Å². The average Bonchev–Trinajstić information content (AvgIpc) is 2.80. The van der Waals surface area contributed by atoms with E-state index >= 15 is 0 Å². The number of hydrogen-bond donors (Lipinski definition) is 0. The zero-order valence-electron chi connectivity index (χ0n) is 15.5. The van der Waals surface area contributed by atoms with Crippen LogP contribution in [0.2, 0.25) is 0 Å². The summed E-state index contributed by atoms with van der Waals surface area (Å²) < 4.78 is 39.8. The zero-order chi connectivity index (χ0) is 19.8. The summed E-state index contributed by atoms with van der Waals surface area (Å²) in [4.78, 5) is 20.6. The van der Waals surface area contributed by atoms with Gasteiger partial charge in [0.2, 0.25) is 0 Å². The van der Waals surface area contributed by atoms with Gasteiger partial charge in [-0.05, 0) is 32.4 Å². The van der Waals surface area contributed by atoms with Crippen molar-refractivity contribution < 1.29 is 18.0 Å². The number of halogens is 3. The van der Waals surface area contributed by atoms with Crippen LogP contribution in [0.5, 0.6) is 0 Å². The Kier molecular flexibility index (Phi) is 5.12. The molecule has 146 valence electrons. The van der Waals surface area contributed by atoms with E-state index in [2.05, 4.69) is 10.1 Å². The Morgan fingerprint density at radius 2 is 1.85 bits per heavy atom. The van der Waals surface area contributed by atoms with Crippen LogP contribution in [0.1, 0.15) is 33.7 Å². The molecule has 3 heterocycles. The number of pyridine rings is 1. The predicted octanol–water partition coefficient (Wildman–Crippen LogP) is 2.80. The van der Waals surface area contributed by atoms with Crippen molar-refractivity contribution in [2.24, 2.45) is 7.05 Å². The van der Waals surface area contributed by atoms with Crippen molar-refractivity contribution in [3.05, 3.63) is 40.8 Å². The Hall–Kier alpha value is -2.58. The molecule has 0 bridgehead atoms. The van der Waals surface area contributed by atoms with Crippen molar-refractivity contribution in [1.29, 1.82) is 0 Å². The first-order chi connectivity index (χ1) is 12.7. The number of carbonyl (C=O) groups is 1. The minimum atomic E-state index is -4.40. The molecule has 1 amide bonds. The number of carbonyl (C=O) groups excluding carboxylic acids is 1. The maximum atomic E-state index is 12.9. The summed E-state index contributed by atoms with van der Waals surface area (Å²) in [7, 11) is 1.81. The highest BCUT2D eigenvalue weighted by Crippen LogP contribution is 2.29. The third-order valence-electron chi connectivity index (χ3n) is 4.91. The molecule has 1 fully saturated rings. The molecule has 0 saturated carbocycles. The highest BCUT2D eigenvalue weighted by atomic mass is 19.4. The predicted molar refractivity (Wildman–Crippen MR) is 94.7 cm³/mol. The van der Waals surface area contributed by atoms with E-state index in [0.29, 0.717) is 49.7 Å². The smallest absolute Gasteiger partial charge is 0.355 e. The molecular formula is C18H22F3N5O. The van der Waals surface area contributed by atoms with E-state index in [-0.39, 0.29) is 5.91 Å². The maximum absolute atomic E-state index is 12.9. The van der Waals surface area contributed by atoms with Gasteiger partial charge in [-0.25, -0.2) is 4.98 Å². The molecule has 2 aromatic rings. The number of nitrogens with zero attached hydrogens (tertiary/aromatic N) is 5. The van der Waals surface area contributed by atoms with Gasteiger partial charge in [-0.2, -0.15) is 18.3 Å². The first kappa shape index (κ1) is 19.2. The van der Waals surface area contributed by atoms with Gasteiger partial charge in [0.05, 0.1) is 16.8 Å². The first-order valence-corrected chi connectivity index (χ1v) is 8.76. The van der Waals surface area contributed by atoms with E-state index in [1.807, 2.05) is 18.7 Å². The van der Waals surface area contributed by atoms with Gasteiger partial charge in [0.25, 0.3) is 5.91 Å². The first-order valence-electron chi connectivity index (χ1n) is 8.76. The van der Waals surface area contributed by atoms with E-state index < -0.39 is 11.7 Å². The van der Waals surface area contributed by atoms with Gasteiger partial charge in [0.1, 0.15) is 5.82 Å². The quantitative estimate of drug-likeness (QED) is 0.803. The molecule has 0 atom stereocenters. The van der Waals surface area contributed by atoms with Crippen molar-refractivity contribution in [3.8, 4) is 0 Å². The lowest BCUT2D eigenvalue weighted by Gasteiger charge is -2.23. The van der Waals surface area contributed by atoms with Crippen LogP contribution in [-0.2, 0) is 13.2 Å². The second-order valence-electron chi connectivity index (χ2n) is 6.71. The highest BCUT2D eigenvalue weighted by molar-refractivity contribution is 5.96. The monoisotopic (exact) mass is 381 g/mol. The normalized spacial score (nSPS) is 15.8. The standard InChI is InChI=1S/C18H22F3N5O/c1-12-16(13(2)24(3)23-12)17(27)26-8-4-7-25(9-10-26)15-6-5-14(11-22-15)18(19,20)21/h5-6,11H,4,7-10H2,1-3H3. The molecule has 0 unspecified atom stereocenters. The topological polar surface area (TPSA) is 54.3 Å². The van der Waals surface area contributed by atoms with E-state index in [0.717, 1.165) is 18.0 Å². The molecule has 0 aromatic carbocycles. The maximum Gasteiger partial charge on any atom is 0.417 e. The van der Waals surface area contributed by atoms with E-state index in [9.17, 15) is 18.0 Å². The lowest BCUT2D eigenvalue weighted by atomic mass is 10.1. The van der Waals surface area contributed by atoms with Crippen LogP contribution in [0.4, 0.5) is 19.0 Å². The molecule has 6 nitrogen and oxygen atoms in total. The molecule has 27 heavy (non-hydrogen) atoms. The number of anilines is 1. The Labute approximate surface area is 155 Å². The summed E-state index contributed by atoms with van der Waals surface area (Å²) in [6, 6.07) is 2.42. The van der Waals surface area contributed by atoms with E-state index in [1.54, 1.807) is 16.6 Å². The third-order valence-corrected chi connectivity index (χ3v) is 4.91. The largest absolute Gasteiger partial charge is 0.417 e. The molecule has 0 N–H and O–H groups in total. The molecule has 1 aliphatic rings. The summed E-state index contributed by atoms with van der Waals surface area (Å²) in [6.07, 6.45) is -2.83. The van der Waals surface area contributed by atoms with Crippen molar-refractivity contribution in [3.63, 3.8) is 0 Å². The second kappa shape index (κ2) is 7.21. The number of rotatable bonds is 2. The molecule has 0 aliphatic carbocycles. The Bertz CT molecular complexity index is 829. The molecule has 9 heteroatoms. The lowest BCUT2D eigenvalue weighted by Crippen LogP contribution is -2.36. The summed E-state index contributed by atoms with van der Waals surface area (Å²) in [5.74, 6) is 0.436. The van der Waals surface area contributed by atoms with Crippen LogP contribution < -0.4 is 4.90 Å². The number of aryl methyl sites for hydroxylation is 2. The Morgan fingerprint density at radius 1 is 1.11 bits per heavy atom. The second-order valence-corrected chi connectivity index (χ2v) is 6.71. The molecule has 0 spiro atoms. The van der Waals surface area contributed by atoms with Gasteiger partial charge < -0.3 is 9.80 Å². The Balaban J connectivity index is 1.71. The minimum Gasteiger partial charge on any atom is -0.355 e. The fraction of sp³-hybridized carbons (Fsp3) is 0.500. The summed E-state index contributed by atoms with van der Waals surface area (Å²) in [5.41, 5.74) is 1.38. The molecule has 0 radical (unpaired) electrons. The van der Waals surface area contributed by atoms with Gasteiger partial charge in [-0.3, -0.25) is 9.48 Å². The van der Waals surface area contributed by atoms with Gasteiger partial charge >= 0.3 is 6.18 Å². The van der Waals surface area contributed by atoms with E-state index in [4.69, 9.17) is 0 Å². The van der Waals surface area contributed by atoms with Crippen LogP contribution in [0, 0.1) is 13.8 Å². The summed E-state index contributed by atoms with van der Waals surface area (Å²) in [5, 5.41) is 4.30. The van der Waals surface area contributed by atoms with Gasteiger partial charge in [-0.15, -0.1) is 0 Å². The number of alkyl halides is 3. The van der Waals surface area contributed by atoms with Crippen LogP contribution in [0.3, 0.4) is 0 Å². The van der Waals surface area contributed by atoms with Gasteiger partial charge in [0, 0.05) is 45.1 Å². The number of amides is 1. The third kappa shape index (κ3) is 3.91. The average molecular weight is 381 g/mol. The fourth-order valence-electron chi connectivity index (χ4n) is 3.33. The fourth-order valence-corrected chi connectivity index (χ4v) is 3.33. The van der Waals surface area contributed by atoms with Gasteiger partial charge in [0.15, 0.2) is 0 Å². The molecule has 3 rings (SSSR count). The molecule has 1 aliphatic heterocycles. The van der Waals surface area contributed by atoms with Crippen LogP contribution in [0.15, 0.2) is 18.3 Å². The van der Waals surface area contributed by atoms with Crippen LogP contribution >= 0.6 is 0 Å². The summed E-state index contributed by atoms with van der Waals surface area (Å²) >= 11 is 0.